The molecule has 0 heterocycles. The molecule has 2 unspecified atom stereocenters. The first-order valence-electron chi connectivity index (χ1n) is 6.20. The highest BCUT2D eigenvalue weighted by molar-refractivity contribution is 5.47. The van der Waals surface area contributed by atoms with E-state index in [4.69, 9.17) is 4.74 Å². The number of methoxy groups -OCH3 is 1. The molecule has 0 aliphatic heterocycles. The molecule has 1 N–H and O–H groups in total. The highest BCUT2D eigenvalue weighted by Crippen LogP contribution is 2.58. The third kappa shape index (κ3) is 2.06. The zero-order valence-corrected chi connectivity index (χ0v) is 11.4. The topological polar surface area (TPSA) is 29.5 Å². The van der Waals surface area contributed by atoms with Gasteiger partial charge in [-0.3, -0.25) is 0 Å². The highest BCUT2D eigenvalue weighted by atomic mass is 16.5. The van der Waals surface area contributed by atoms with Gasteiger partial charge < -0.3 is 9.84 Å². The lowest BCUT2D eigenvalue weighted by Gasteiger charge is -2.19. The molecule has 2 nitrogen and oxygen atoms in total. The Morgan fingerprint density at radius 1 is 1.35 bits per heavy atom. The van der Waals surface area contributed by atoms with Crippen LogP contribution in [0.25, 0.3) is 0 Å². The molecule has 2 heteroatoms. The molecule has 0 amide bonds. The molecule has 0 bridgehead atoms. The minimum absolute atomic E-state index is 0.267. The number of ether oxygens (including phenoxy) is 1. The summed E-state index contributed by atoms with van der Waals surface area (Å²) in [6.07, 6.45) is 0.684. The van der Waals surface area contributed by atoms with Crippen molar-refractivity contribution in [3.05, 3.63) is 28.8 Å². The predicted octanol–water partition coefficient (Wildman–Crippen LogP) is 3.39. The minimum Gasteiger partial charge on any atom is -0.496 e. The van der Waals surface area contributed by atoms with Crippen LogP contribution in [0.5, 0.6) is 5.75 Å². The maximum atomic E-state index is 10.4. The van der Waals surface area contributed by atoms with Crippen molar-refractivity contribution in [2.75, 3.05) is 7.11 Å². The molecule has 1 aromatic rings. The van der Waals surface area contributed by atoms with Gasteiger partial charge in [0.2, 0.25) is 0 Å². The summed E-state index contributed by atoms with van der Waals surface area (Å²) in [6.45, 7) is 8.51. The summed E-state index contributed by atoms with van der Waals surface area (Å²) in [5.41, 5.74) is 3.53. The Bertz CT molecular complexity index is 435. The monoisotopic (exact) mass is 234 g/mol. The molecular formula is C15H22O2. The molecule has 2 atom stereocenters. The fourth-order valence-electron chi connectivity index (χ4n) is 2.58. The van der Waals surface area contributed by atoms with Crippen molar-refractivity contribution in [3.63, 3.8) is 0 Å². The maximum absolute atomic E-state index is 10.4. The second kappa shape index (κ2) is 4.02. The largest absolute Gasteiger partial charge is 0.496 e. The first-order chi connectivity index (χ1) is 7.88. The first-order valence-corrected chi connectivity index (χ1v) is 6.20. The summed E-state index contributed by atoms with van der Waals surface area (Å²) >= 11 is 0. The van der Waals surface area contributed by atoms with Crippen molar-refractivity contribution in [2.45, 2.75) is 40.2 Å². The van der Waals surface area contributed by atoms with Crippen LogP contribution in [-0.4, -0.2) is 12.2 Å². The van der Waals surface area contributed by atoms with Gasteiger partial charge in [0.25, 0.3) is 0 Å². The van der Waals surface area contributed by atoms with Gasteiger partial charge in [-0.1, -0.05) is 26.0 Å². The average Bonchev–Trinajstić information content (AvgIpc) is 2.90. The molecule has 1 aliphatic carbocycles. The van der Waals surface area contributed by atoms with Gasteiger partial charge in [0.1, 0.15) is 5.75 Å². The summed E-state index contributed by atoms with van der Waals surface area (Å²) < 4.78 is 5.46. The van der Waals surface area contributed by atoms with Crippen LogP contribution in [-0.2, 0) is 0 Å². The molecule has 1 aliphatic rings. The van der Waals surface area contributed by atoms with Gasteiger partial charge in [0, 0.05) is 5.56 Å². The van der Waals surface area contributed by atoms with Crippen molar-refractivity contribution in [3.8, 4) is 5.75 Å². The average molecular weight is 234 g/mol. The van der Waals surface area contributed by atoms with Gasteiger partial charge in [0.05, 0.1) is 13.2 Å². The molecule has 0 saturated heterocycles. The number of aliphatic hydroxyl groups is 1. The van der Waals surface area contributed by atoms with Gasteiger partial charge in [-0.05, 0) is 42.7 Å². The summed E-state index contributed by atoms with van der Waals surface area (Å²) in [4.78, 5) is 0. The molecule has 94 valence electrons. The fourth-order valence-corrected chi connectivity index (χ4v) is 2.58. The summed E-state index contributed by atoms with van der Waals surface area (Å²) in [6, 6.07) is 4.06. The first kappa shape index (κ1) is 12.4. The SMILES string of the molecule is COc1c(C(O)C2CC2(C)C)ccc(C)c1C. The van der Waals surface area contributed by atoms with Crippen LogP contribution in [0.4, 0.5) is 0 Å². The molecule has 1 saturated carbocycles. The predicted molar refractivity (Wildman–Crippen MR) is 69.3 cm³/mol. The Labute approximate surface area is 104 Å². The van der Waals surface area contributed by atoms with E-state index in [2.05, 4.69) is 26.8 Å². The molecule has 2 rings (SSSR count). The van der Waals surface area contributed by atoms with Crippen molar-refractivity contribution in [1.82, 2.24) is 0 Å². The van der Waals surface area contributed by atoms with Crippen LogP contribution in [0.1, 0.15) is 43.1 Å². The molecule has 0 aromatic heterocycles. The lowest BCUT2D eigenvalue weighted by molar-refractivity contribution is 0.135. The summed E-state index contributed by atoms with van der Waals surface area (Å²) in [5, 5.41) is 10.4. The number of hydrogen-bond donors (Lipinski definition) is 1. The van der Waals surface area contributed by atoms with Gasteiger partial charge in [-0.15, -0.1) is 0 Å². The zero-order chi connectivity index (χ0) is 12.8. The van der Waals surface area contributed by atoms with E-state index >= 15 is 0 Å². The fraction of sp³-hybridized carbons (Fsp3) is 0.600. The van der Waals surface area contributed by atoms with E-state index in [9.17, 15) is 5.11 Å². The van der Waals surface area contributed by atoms with Crippen LogP contribution < -0.4 is 4.74 Å². The number of aliphatic hydroxyl groups excluding tert-OH is 1. The van der Waals surface area contributed by atoms with Crippen LogP contribution in [0.3, 0.4) is 0 Å². The number of aryl methyl sites for hydroxylation is 1. The minimum atomic E-state index is -0.403. The Morgan fingerprint density at radius 3 is 2.41 bits per heavy atom. The molecular weight excluding hydrogens is 212 g/mol. The van der Waals surface area contributed by atoms with Crippen LogP contribution in [0.2, 0.25) is 0 Å². The Hall–Kier alpha value is -1.02. The Kier molecular flexibility index (Phi) is 2.94. The molecule has 17 heavy (non-hydrogen) atoms. The van der Waals surface area contributed by atoms with Crippen LogP contribution >= 0.6 is 0 Å². The van der Waals surface area contributed by atoms with E-state index in [1.54, 1.807) is 7.11 Å². The number of benzene rings is 1. The third-order valence-corrected chi connectivity index (χ3v) is 4.20. The van der Waals surface area contributed by atoms with E-state index in [0.717, 1.165) is 23.3 Å². The van der Waals surface area contributed by atoms with Gasteiger partial charge >= 0.3 is 0 Å². The maximum Gasteiger partial charge on any atom is 0.127 e. The normalized spacial score (nSPS) is 23.3. The second-order valence-corrected chi connectivity index (χ2v) is 5.87. The van der Waals surface area contributed by atoms with Crippen LogP contribution in [0.15, 0.2) is 12.1 Å². The number of hydrogen-bond acceptors (Lipinski definition) is 2. The van der Waals surface area contributed by atoms with E-state index in [0.29, 0.717) is 5.92 Å². The molecule has 0 spiro atoms. The third-order valence-electron chi connectivity index (χ3n) is 4.20. The second-order valence-electron chi connectivity index (χ2n) is 5.87. The van der Waals surface area contributed by atoms with Crippen molar-refractivity contribution in [2.24, 2.45) is 11.3 Å². The smallest absolute Gasteiger partial charge is 0.127 e. The highest BCUT2D eigenvalue weighted by Gasteiger charge is 2.50. The summed E-state index contributed by atoms with van der Waals surface area (Å²) in [5.74, 6) is 1.21. The van der Waals surface area contributed by atoms with E-state index in [1.807, 2.05) is 13.0 Å². The molecule has 1 fully saturated rings. The number of rotatable bonds is 3. The Morgan fingerprint density at radius 2 is 1.94 bits per heavy atom. The lowest BCUT2D eigenvalue weighted by atomic mass is 9.95. The van der Waals surface area contributed by atoms with E-state index < -0.39 is 6.10 Å². The zero-order valence-electron chi connectivity index (χ0n) is 11.4. The van der Waals surface area contributed by atoms with Gasteiger partial charge in [-0.25, -0.2) is 0 Å². The standard InChI is InChI=1S/C15H22O2/c1-9-6-7-11(14(17-5)10(9)2)13(16)12-8-15(12,3)4/h6-7,12-13,16H,8H2,1-5H3. The van der Waals surface area contributed by atoms with E-state index in [1.165, 1.54) is 5.56 Å². The Balaban J connectivity index is 2.36. The quantitative estimate of drug-likeness (QED) is 0.868. The van der Waals surface area contributed by atoms with Gasteiger partial charge in [0.15, 0.2) is 0 Å². The molecule has 1 aromatic carbocycles. The molecule has 0 radical (unpaired) electrons. The lowest BCUT2D eigenvalue weighted by Crippen LogP contribution is -2.08. The van der Waals surface area contributed by atoms with Crippen molar-refractivity contribution >= 4 is 0 Å². The van der Waals surface area contributed by atoms with Gasteiger partial charge in [-0.2, -0.15) is 0 Å². The van der Waals surface area contributed by atoms with Crippen LogP contribution in [0, 0.1) is 25.2 Å². The summed E-state index contributed by atoms with van der Waals surface area (Å²) in [7, 11) is 1.68. The van der Waals surface area contributed by atoms with E-state index in [-0.39, 0.29) is 5.41 Å². The van der Waals surface area contributed by atoms with Crippen molar-refractivity contribution in [1.29, 1.82) is 0 Å². The van der Waals surface area contributed by atoms with Crippen molar-refractivity contribution < 1.29 is 9.84 Å².